The van der Waals surface area contributed by atoms with Gasteiger partial charge in [0.05, 0.1) is 23.0 Å². The van der Waals surface area contributed by atoms with Crippen LogP contribution in [0.4, 0.5) is 0 Å². The summed E-state index contributed by atoms with van der Waals surface area (Å²) in [4.78, 5) is 17.3. The van der Waals surface area contributed by atoms with Gasteiger partial charge in [-0.2, -0.15) is 0 Å². The number of halogens is 1. The Hall–Kier alpha value is -2.33. The van der Waals surface area contributed by atoms with Gasteiger partial charge in [0.1, 0.15) is 5.82 Å². The Balaban J connectivity index is 1.53. The first kappa shape index (κ1) is 15.2. The number of rotatable bonds is 4. The highest BCUT2D eigenvalue weighted by molar-refractivity contribution is 6.30. The molecule has 3 aromatic rings. The van der Waals surface area contributed by atoms with Crippen LogP contribution in [0.15, 0.2) is 48.5 Å². The molecule has 0 atom stereocenters. The molecule has 1 saturated carbocycles. The summed E-state index contributed by atoms with van der Waals surface area (Å²) in [5, 5.41) is 3.72. The zero-order valence-electron chi connectivity index (χ0n) is 13.4. The Morgan fingerprint density at radius 2 is 2.04 bits per heavy atom. The second-order valence-corrected chi connectivity index (χ2v) is 6.79. The molecule has 0 aliphatic heterocycles. The number of nitrogens with one attached hydrogen (secondary N) is 1. The van der Waals surface area contributed by atoms with Crippen LogP contribution in [-0.2, 0) is 23.8 Å². The van der Waals surface area contributed by atoms with Gasteiger partial charge in [0.15, 0.2) is 0 Å². The molecule has 2 aromatic carbocycles. The number of fused-ring (bicyclic) bond motifs is 1. The van der Waals surface area contributed by atoms with Gasteiger partial charge in [-0.1, -0.05) is 35.9 Å². The monoisotopic (exact) mass is 339 g/mol. The molecule has 0 unspecified atom stereocenters. The van der Waals surface area contributed by atoms with Gasteiger partial charge in [0.2, 0.25) is 5.91 Å². The minimum Gasteiger partial charge on any atom is -0.348 e. The molecule has 4 nitrogen and oxygen atoms in total. The van der Waals surface area contributed by atoms with Crippen molar-refractivity contribution in [1.82, 2.24) is 14.9 Å². The van der Waals surface area contributed by atoms with Crippen molar-refractivity contribution in [2.24, 2.45) is 7.05 Å². The highest BCUT2D eigenvalue weighted by Crippen LogP contribution is 2.48. The van der Waals surface area contributed by atoms with E-state index in [1.165, 1.54) is 0 Å². The molecule has 1 aromatic heterocycles. The standard InChI is InChI=1S/C19H18ClN3O/c1-23-16-8-3-2-7-15(16)22-17(23)12-21-18(24)19(9-10-19)13-5-4-6-14(20)11-13/h2-8,11H,9-10,12H2,1H3,(H,21,24). The predicted molar refractivity (Wildman–Crippen MR) is 94.9 cm³/mol. The van der Waals surface area contributed by atoms with Gasteiger partial charge < -0.3 is 9.88 Å². The van der Waals surface area contributed by atoms with Crippen LogP contribution in [-0.4, -0.2) is 15.5 Å². The first-order valence-corrected chi connectivity index (χ1v) is 8.43. The summed E-state index contributed by atoms with van der Waals surface area (Å²) in [5.41, 5.74) is 2.59. The lowest BCUT2D eigenvalue weighted by Crippen LogP contribution is -2.34. The number of benzene rings is 2. The van der Waals surface area contributed by atoms with Crippen molar-refractivity contribution in [3.05, 3.63) is 64.9 Å². The topological polar surface area (TPSA) is 46.9 Å². The van der Waals surface area contributed by atoms with Crippen molar-refractivity contribution in [2.45, 2.75) is 24.8 Å². The molecule has 1 amide bonds. The maximum atomic E-state index is 12.7. The van der Waals surface area contributed by atoms with E-state index in [0.29, 0.717) is 11.6 Å². The number of para-hydroxylation sites is 2. The van der Waals surface area contributed by atoms with Crippen LogP contribution in [0.3, 0.4) is 0 Å². The van der Waals surface area contributed by atoms with E-state index in [1.54, 1.807) is 0 Å². The van der Waals surface area contributed by atoms with Crippen molar-refractivity contribution < 1.29 is 4.79 Å². The zero-order valence-corrected chi connectivity index (χ0v) is 14.2. The average Bonchev–Trinajstić information content (AvgIpc) is 3.34. The molecule has 1 heterocycles. The molecule has 5 heteroatoms. The number of imidazole rings is 1. The summed E-state index contributed by atoms with van der Waals surface area (Å²) < 4.78 is 2.02. The number of hydrogen-bond donors (Lipinski definition) is 1. The highest BCUT2D eigenvalue weighted by Gasteiger charge is 2.51. The second-order valence-electron chi connectivity index (χ2n) is 6.35. The van der Waals surface area contributed by atoms with E-state index in [0.717, 1.165) is 35.3 Å². The van der Waals surface area contributed by atoms with Crippen molar-refractivity contribution in [3.8, 4) is 0 Å². The third-order valence-electron chi connectivity index (χ3n) is 4.85. The second kappa shape index (κ2) is 5.64. The van der Waals surface area contributed by atoms with Gasteiger partial charge in [-0.05, 0) is 42.7 Å². The summed E-state index contributed by atoms with van der Waals surface area (Å²) in [6.07, 6.45) is 1.73. The number of aryl methyl sites for hydroxylation is 1. The molecule has 1 aliphatic rings. The molecule has 1 N–H and O–H groups in total. The molecule has 1 fully saturated rings. The lowest BCUT2D eigenvalue weighted by molar-refractivity contribution is -0.123. The third kappa shape index (κ3) is 2.47. The molecule has 0 bridgehead atoms. The smallest absolute Gasteiger partial charge is 0.231 e. The summed E-state index contributed by atoms with van der Waals surface area (Å²) in [6, 6.07) is 15.6. The Morgan fingerprint density at radius 1 is 1.25 bits per heavy atom. The fourth-order valence-electron chi connectivity index (χ4n) is 3.24. The fourth-order valence-corrected chi connectivity index (χ4v) is 3.43. The molecule has 24 heavy (non-hydrogen) atoms. The van der Waals surface area contributed by atoms with Gasteiger partial charge in [0, 0.05) is 12.1 Å². The summed E-state index contributed by atoms with van der Waals surface area (Å²) in [6.45, 7) is 0.423. The van der Waals surface area contributed by atoms with Crippen LogP contribution in [0.1, 0.15) is 24.2 Å². The van der Waals surface area contributed by atoms with Crippen LogP contribution < -0.4 is 5.32 Å². The average molecular weight is 340 g/mol. The fraction of sp³-hybridized carbons (Fsp3) is 0.263. The van der Waals surface area contributed by atoms with Gasteiger partial charge >= 0.3 is 0 Å². The van der Waals surface area contributed by atoms with Gasteiger partial charge in [-0.25, -0.2) is 4.98 Å². The van der Waals surface area contributed by atoms with E-state index < -0.39 is 5.41 Å². The van der Waals surface area contributed by atoms with Crippen molar-refractivity contribution in [2.75, 3.05) is 0 Å². The molecular formula is C19H18ClN3O. The molecule has 0 radical (unpaired) electrons. The van der Waals surface area contributed by atoms with Crippen LogP contribution in [0.5, 0.6) is 0 Å². The maximum Gasteiger partial charge on any atom is 0.231 e. The Kier molecular flexibility index (Phi) is 3.57. The zero-order chi connectivity index (χ0) is 16.7. The van der Waals surface area contributed by atoms with E-state index in [-0.39, 0.29) is 5.91 Å². The largest absolute Gasteiger partial charge is 0.348 e. The van der Waals surface area contributed by atoms with Crippen LogP contribution >= 0.6 is 11.6 Å². The van der Waals surface area contributed by atoms with Crippen molar-refractivity contribution in [3.63, 3.8) is 0 Å². The lowest BCUT2D eigenvalue weighted by atomic mass is 9.95. The SMILES string of the molecule is Cn1c(CNC(=O)C2(c3cccc(Cl)c3)CC2)nc2ccccc21. The molecule has 0 spiro atoms. The van der Waals surface area contributed by atoms with E-state index in [9.17, 15) is 4.79 Å². The number of carbonyl (C=O) groups is 1. The Bertz CT molecular complexity index is 927. The molecular weight excluding hydrogens is 322 g/mol. The van der Waals surface area contributed by atoms with Gasteiger partial charge in [-0.15, -0.1) is 0 Å². The van der Waals surface area contributed by atoms with Crippen LogP contribution in [0, 0.1) is 0 Å². The van der Waals surface area contributed by atoms with E-state index in [4.69, 9.17) is 11.6 Å². The summed E-state index contributed by atoms with van der Waals surface area (Å²) >= 11 is 6.08. The first-order valence-electron chi connectivity index (χ1n) is 8.05. The Morgan fingerprint density at radius 3 is 2.75 bits per heavy atom. The number of hydrogen-bond acceptors (Lipinski definition) is 2. The number of nitrogens with zero attached hydrogens (tertiary/aromatic N) is 2. The third-order valence-corrected chi connectivity index (χ3v) is 5.08. The molecule has 122 valence electrons. The van der Waals surface area contributed by atoms with Crippen molar-refractivity contribution >= 4 is 28.5 Å². The number of carbonyl (C=O) groups excluding carboxylic acids is 1. The van der Waals surface area contributed by atoms with E-state index >= 15 is 0 Å². The normalized spacial score (nSPS) is 15.4. The van der Waals surface area contributed by atoms with Gasteiger partial charge in [-0.3, -0.25) is 4.79 Å². The minimum atomic E-state index is -0.421. The van der Waals surface area contributed by atoms with E-state index in [1.807, 2.05) is 60.1 Å². The van der Waals surface area contributed by atoms with E-state index in [2.05, 4.69) is 10.3 Å². The lowest BCUT2D eigenvalue weighted by Gasteiger charge is -2.16. The van der Waals surface area contributed by atoms with Crippen molar-refractivity contribution in [1.29, 1.82) is 0 Å². The summed E-state index contributed by atoms with van der Waals surface area (Å²) in [7, 11) is 1.97. The van der Waals surface area contributed by atoms with Crippen LogP contribution in [0.25, 0.3) is 11.0 Å². The summed E-state index contributed by atoms with van der Waals surface area (Å²) in [5.74, 6) is 0.906. The predicted octanol–water partition coefficient (Wildman–Crippen LogP) is 3.57. The number of amides is 1. The maximum absolute atomic E-state index is 12.7. The number of aromatic nitrogens is 2. The molecule has 4 rings (SSSR count). The van der Waals surface area contributed by atoms with Gasteiger partial charge in [0.25, 0.3) is 0 Å². The van der Waals surface area contributed by atoms with Crippen LogP contribution in [0.2, 0.25) is 5.02 Å². The Labute approximate surface area is 145 Å². The minimum absolute atomic E-state index is 0.0526. The molecule has 1 aliphatic carbocycles. The quantitative estimate of drug-likeness (QED) is 0.789. The molecule has 0 saturated heterocycles. The first-order chi connectivity index (χ1) is 11.6. The highest BCUT2D eigenvalue weighted by atomic mass is 35.5.